The molecule has 0 aromatic rings. The first-order valence-electron chi connectivity index (χ1n) is 8.20. The summed E-state index contributed by atoms with van der Waals surface area (Å²) < 4.78 is 0. The summed E-state index contributed by atoms with van der Waals surface area (Å²) in [6.45, 7) is 7.30. The Balaban J connectivity index is 1.92. The third-order valence-electron chi connectivity index (χ3n) is 5.63. The minimum absolute atomic E-state index is 1.00. The van der Waals surface area contributed by atoms with E-state index in [1.54, 1.807) is 19.3 Å². The van der Waals surface area contributed by atoms with Gasteiger partial charge in [-0.3, -0.25) is 0 Å². The van der Waals surface area contributed by atoms with E-state index in [0.717, 1.165) is 29.6 Å². The fourth-order valence-corrected chi connectivity index (χ4v) is 4.56. The Hall–Kier alpha value is 0. The van der Waals surface area contributed by atoms with Gasteiger partial charge in [-0.25, -0.2) is 0 Å². The summed E-state index contributed by atoms with van der Waals surface area (Å²) in [5.74, 6) is 5.28. The Morgan fingerprint density at radius 1 is 0.824 bits per heavy atom. The maximum absolute atomic E-state index is 2.47. The minimum Gasteiger partial charge on any atom is -0.0654 e. The van der Waals surface area contributed by atoms with Crippen LogP contribution in [-0.4, -0.2) is 0 Å². The largest absolute Gasteiger partial charge is 0.0654 e. The lowest BCUT2D eigenvalue weighted by atomic mass is 9.64. The Morgan fingerprint density at radius 3 is 2.12 bits per heavy atom. The molecule has 2 saturated carbocycles. The van der Waals surface area contributed by atoms with E-state index in [0.29, 0.717) is 0 Å². The first-order valence-corrected chi connectivity index (χ1v) is 8.20. The van der Waals surface area contributed by atoms with Crippen LogP contribution in [0.4, 0.5) is 0 Å². The van der Waals surface area contributed by atoms with Crippen molar-refractivity contribution in [3.63, 3.8) is 0 Å². The predicted octanol–water partition coefficient (Wildman–Crippen LogP) is 5.67. The van der Waals surface area contributed by atoms with Gasteiger partial charge >= 0.3 is 0 Å². The zero-order valence-electron chi connectivity index (χ0n) is 12.3. The summed E-state index contributed by atoms with van der Waals surface area (Å²) in [4.78, 5) is 0. The Labute approximate surface area is 109 Å². The molecule has 3 unspecified atom stereocenters. The van der Waals surface area contributed by atoms with Crippen molar-refractivity contribution in [1.29, 1.82) is 0 Å². The van der Waals surface area contributed by atoms with Crippen molar-refractivity contribution in [2.45, 2.75) is 78.6 Å². The molecular formula is C17H32. The van der Waals surface area contributed by atoms with Crippen LogP contribution in [0.5, 0.6) is 0 Å². The normalized spacial score (nSPS) is 43.6. The van der Waals surface area contributed by atoms with E-state index in [-0.39, 0.29) is 0 Å². The molecule has 0 amide bonds. The van der Waals surface area contributed by atoms with E-state index >= 15 is 0 Å². The van der Waals surface area contributed by atoms with Gasteiger partial charge in [0.25, 0.3) is 0 Å². The second-order valence-corrected chi connectivity index (χ2v) is 7.15. The van der Waals surface area contributed by atoms with Crippen LogP contribution in [0, 0.1) is 29.6 Å². The second kappa shape index (κ2) is 6.25. The van der Waals surface area contributed by atoms with Gasteiger partial charge in [0, 0.05) is 0 Å². The molecule has 17 heavy (non-hydrogen) atoms. The molecule has 0 bridgehead atoms. The van der Waals surface area contributed by atoms with E-state index in [1.807, 2.05) is 0 Å². The van der Waals surface area contributed by atoms with E-state index in [1.165, 1.54) is 38.5 Å². The summed E-state index contributed by atoms with van der Waals surface area (Å²) in [5.41, 5.74) is 0. The van der Waals surface area contributed by atoms with E-state index in [4.69, 9.17) is 0 Å². The number of hydrogen-bond acceptors (Lipinski definition) is 0. The van der Waals surface area contributed by atoms with Gasteiger partial charge in [-0.05, 0) is 55.3 Å². The first kappa shape index (κ1) is 13.4. The van der Waals surface area contributed by atoms with Gasteiger partial charge in [0.05, 0.1) is 0 Å². The molecule has 0 aromatic heterocycles. The minimum atomic E-state index is 1.00. The van der Waals surface area contributed by atoms with E-state index in [2.05, 4.69) is 20.8 Å². The molecule has 3 atom stereocenters. The lowest BCUT2D eigenvalue weighted by Gasteiger charge is -2.42. The Bertz CT molecular complexity index is 212. The van der Waals surface area contributed by atoms with Crippen LogP contribution in [-0.2, 0) is 0 Å². The second-order valence-electron chi connectivity index (χ2n) is 7.15. The first-order chi connectivity index (χ1) is 8.20. The highest BCUT2D eigenvalue weighted by Gasteiger charge is 2.34. The van der Waals surface area contributed by atoms with Gasteiger partial charge < -0.3 is 0 Å². The smallest absolute Gasteiger partial charge is 0.0357 e. The molecule has 0 aliphatic heterocycles. The quantitative estimate of drug-likeness (QED) is 0.592. The SMILES string of the molecule is CCCC1CC(C)CCC1C1CCC(C)CC1. The zero-order valence-corrected chi connectivity index (χ0v) is 12.3. The highest BCUT2D eigenvalue weighted by molar-refractivity contribution is 4.85. The Kier molecular flexibility index (Phi) is 4.94. The molecule has 2 aliphatic rings. The van der Waals surface area contributed by atoms with Crippen LogP contribution in [0.2, 0.25) is 0 Å². The van der Waals surface area contributed by atoms with Crippen molar-refractivity contribution in [2.24, 2.45) is 29.6 Å². The molecule has 0 radical (unpaired) electrons. The molecule has 2 rings (SSSR count). The van der Waals surface area contributed by atoms with Crippen LogP contribution < -0.4 is 0 Å². The standard InChI is InChI=1S/C17H32/c1-4-5-16-12-14(3)8-11-17(16)15-9-6-13(2)7-10-15/h13-17H,4-12H2,1-3H3. The van der Waals surface area contributed by atoms with E-state index in [9.17, 15) is 0 Å². The summed E-state index contributed by atoms with van der Waals surface area (Å²) in [6.07, 6.45) is 13.6. The molecule has 0 spiro atoms. The molecule has 2 fully saturated rings. The predicted molar refractivity (Wildman–Crippen MR) is 76.0 cm³/mol. The fourth-order valence-electron chi connectivity index (χ4n) is 4.56. The molecule has 0 saturated heterocycles. The highest BCUT2D eigenvalue weighted by Crippen LogP contribution is 2.45. The molecule has 0 N–H and O–H groups in total. The number of rotatable bonds is 3. The van der Waals surface area contributed by atoms with Gasteiger partial charge in [0.2, 0.25) is 0 Å². The van der Waals surface area contributed by atoms with Crippen molar-refractivity contribution in [2.75, 3.05) is 0 Å². The lowest BCUT2D eigenvalue weighted by molar-refractivity contribution is 0.0883. The van der Waals surface area contributed by atoms with Crippen molar-refractivity contribution in [3.8, 4) is 0 Å². The van der Waals surface area contributed by atoms with Crippen molar-refractivity contribution in [1.82, 2.24) is 0 Å². The summed E-state index contributed by atoms with van der Waals surface area (Å²) in [7, 11) is 0. The third-order valence-corrected chi connectivity index (χ3v) is 5.63. The fraction of sp³-hybridized carbons (Fsp3) is 1.00. The maximum Gasteiger partial charge on any atom is -0.0357 e. The third kappa shape index (κ3) is 3.48. The molecule has 0 heteroatoms. The molecule has 100 valence electrons. The summed E-state index contributed by atoms with van der Waals surface area (Å²) >= 11 is 0. The summed E-state index contributed by atoms with van der Waals surface area (Å²) in [6, 6.07) is 0. The monoisotopic (exact) mass is 236 g/mol. The van der Waals surface area contributed by atoms with Crippen LogP contribution in [0.1, 0.15) is 78.6 Å². The summed E-state index contributed by atoms with van der Waals surface area (Å²) in [5, 5.41) is 0. The highest BCUT2D eigenvalue weighted by atomic mass is 14.4. The van der Waals surface area contributed by atoms with Crippen molar-refractivity contribution >= 4 is 0 Å². The van der Waals surface area contributed by atoms with Gasteiger partial charge in [-0.2, -0.15) is 0 Å². The molecular weight excluding hydrogens is 204 g/mol. The van der Waals surface area contributed by atoms with Crippen LogP contribution in [0.3, 0.4) is 0 Å². The van der Waals surface area contributed by atoms with Crippen molar-refractivity contribution < 1.29 is 0 Å². The topological polar surface area (TPSA) is 0 Å². The van der Waals surface area contributed by atoms with Gasteiger partial charge in [0.1, 0.15) is 0 Å². The average molecular weight is 236 g/mol. The molecule has 0 heterocycles. The molecule has 0 aromatic carbocycles. The molecule has 2 aliphatic carbocycles. The maximum atomic E-state index is 2.47. The average Bonchev–Trinajstić information content (AvgIpc) is 2.31. The van der Waals surface area contributed by atoms with Gasteiger partial charge in [-0.1, -0.05) is 52.9 Å². The van der Waals surface area contributed by atoms with Crippen LogP contribution in [0.15, 0.2) is 0 Å². The van der Waals surface area contributed by atoms with Crippen molar-refractivity contribution in [3.05, 3.63) is 0 Å². The zero-order chi connectivity index (χ0) is 12.3. The van der Waals surface area contributed by atoms with Crippen LogP contribution >= 0.6 is 0 Å². The van der Waals surface area contributed by atoms with Gasteiger partial charge in [-0.15, -0.1) is 0 Å². The Morgan fingerprint density at radius 2 is 1.47 bits per heavy atom. The molecule has 0 nitrogen and oxygen atoms in total. The van der Waals surface area contributed by atoms with Crippen LogP contribution in [0.25, 0.3) is 0 Å². The lowest BCUT2D eigenvalue weighted by Crippen LogP contribution is -2.31. The number of hydrogen-bond donors (Lipinski definition) is 0. The van der Waals surface area contributed by atoms with E-state index < -0.39 is 0 Å². The van der Waals surface area contributed by atoms with Gasteiger partial charge in [0.15, 0.2) is 0 Å².